The maximum absolute atomic E-state index is 13.4. The zero-order chi connectivity index (χ0) is 13.8. The van der Waals surface area contributed by atoms with Crippen LogP contribution in [-0.2, 0) is 6.54 Å². The van der Waals surface area contributed by atoms with E-state index in [4.69, 9.17) is 0 Å². The highest BCUT2D eigenvalue weighted by Gasteiger charge is 2.26. The van der Waals surface area contributed by atoms with E-state index in [-0.39, 0.29) is 12.1 Å². The highest BCUT2D eigenvalue weighted by molar-refractivity contribution is 5.19. The molecule has 5 heteroatoms. The van der Waals surface area contributed by atoms with Crippen molar-refractivity contribution in [2.45, 2.75) is 32.4 Å². The summed E-state index contributed by atoms with van der Waals surface area (Å²) in [6.45, 7) is 4.94. The van der Waals surface area contributed by atoms with Gasteiger partial charge in [-0.25, -0.2) is 13.2 Å². The summed E-state index contributed by atoms with van der Waals surface area (Å²) in [6, 6.07) is 2.21. The molecule has 1 aromatic rings. The Bertz CT molecular complexity index is 433. The molecule has 1 saturated carbocycles. The first kappa shape index (κ1) is 14.3. The second-order valence-electron chi connectivity index (χ2n) is 4.89. The second-order valence-corrected chi connectivity index (χ2v) is 4.89. The molecule has 0 spiro atoms. The Balaban J connectivity index is 1.77. The molecule has 0 bridgehead atoms. The van der Waals surface area contributed by atoms with E-state index in [0.29, 0.717) is 18.7 Å². The van der Waals surface area contributed by atoms with Crippen LogP contribution in [-0.4, -0.2) is 30.6 Å². The average Bonchev–Trinajstić information content (AvgIpc) is 3.19. The molecule has 2 rings (SSSR count). The Hall–Kier alpha value is -1.07. The lowest BCUT2D eigenvalue weighted by atomic mass is 10.2. The van der Waals surface area contributed by atoms with E-state index >= 15 is 0 Å². The van der Waals surface area contributed by atoms with Gasteiger partial charge in [0.05, 0.1) is 0 Å². The Morgan fingerprint density at radius 1 is 1.16 bits per heavy atom. The summed E-state index contributed by atoms with van der Waals surface area (Å²) in [4.78, 5) is 2.37. The first-order valence-electron chi connectivity index (χ1n) is 6.70. The summed E-state index contributed by atoms with van der Waals surface area (Å²) >= 11 is 0. The molecule has 2 nitrogen and oxygen atoms in total. The van der Waals surface area contributed by atoms with Crippen LogP contribution in [0.5, 0.6) is 0 Å². The second kappa shape index (κ2) is 6.39. The molecule has 0 heterocycles. The molecule has 0 saturated heterocycles. The average molecular weight is 272 g/mol. The fourth-order valence-corrected chi connectivity index (χ4v) is 2.18. The van der Waals surface area contributed by atoms with Crippen molar-refractivity contribution in [3.63, 3.8) is 0 Å². The summed E-state index contributed by atoms with van der Waals surface area (Å²) in [7, 11) is 0. The predicted molar refractivity (Wildman–Crippen MR) is 68.3 cm³/mol. The van der Waals surface area contributed by atoms with Crippen molar-refractivity contribution in [3.05, 3.63) is 35.1 Å². The molecule has 106 valence electrons. The van der Waals surface area contributed by atoms with Gasteiger partial charge >= 0.3 is 0 Å². The minimum atomic E-state index is -1.15. The lowest BCUT2D eigenvalue weighted by Gasteiger charge is -2.19. The smallest absolute Gasteiger partial charge is 0.161 e. The number of benzene rings is 1. The largest absolute Gasteiger partial charge is 0.311 e. The van der Waals surface area contributed by atoms with Crippen LogP contribution in [0.1, 0.15) is 25.3 Å². The molecule has 1 fully saturated rings. The standard InChI is InChI=1S/C14H19F3N2/c1-2-19(11-3-4-11)6-5-18-9-10-7-13(16)14(17)8-12(10)15/h7-8,11,18H,2-6,9H2,1H3. The number of halogens is 3. The van der Waals surface area contributed by atoms with Crippen LogP contribution in [0, 0.1) is 17.5 Å². The zero-order valence-electron chi connectivity index (χ0n) is 11.1. The van der Waals surface area contributed by atoms with Crippen molar-refractivity contribution in [2.24, 2.45) is 0 Å². The molecule has 0 amide bonds. The predicted octanol–water partition coefficient (Wildman–Crippen LogP) is 2.68. The Kier molecular flexibility index (Phi) is 4.82. The molecule has 1 N–H and O–H groups in total. The van der Waals surface area contributed by atoms with Crippen molar-refractivity contribution in [3.8, 4) is 0 Å². The van der Waals surface area contributed by atoms with Gasteiger partial charge in [0.25, 0.3) is 0 Å². The Labute approximate surface area is 111 Å². The monoisotopic (exact) mass is 272 g/mol. The molecular weight excluding hydrogens is 253 g/mol. The fraction of sp³-hybridized carbons (Fsp3) is 0.571. The lowest BCUT2D eigenvalue weighted by Crippen LogP contribution is -2.33. The molecule has 0 unspecified atom stereocenters. The third-order valence-electron chi connectivity index (χ3n) is 3.45. The van der Waals surface area contributed by atoms with Crippen LogP contribution in [0.4, 0.5) is 13.2 Å². The topological polar surface area (TPSA) is 15.3 Å². The third kappa shape index (κ3) is 3.94. The minimum Gasteiger partial charge on any atom is -0.311 e. The van der Waals surface area contributed by atoms with Gasteiger partial charge < -0.3 is 5.32 Å². The van der Waals surface area contributed by atoms with Crippen molar-refractivity contribution < 1.29 is 13.2 Å². The molecular formula is C14H19F3N2. The lowest BCUT2D eigenvalue weighted by molar-refractivity contribution is 0.276. The molecule has 0 atom stereocenters. The maximum Gasteiger partial charge on any atom is 0.161 e. The summed E-state index contributed by atoms with van der Waals surface area (Å²) in [6.07, 6.45) is 2.51. The zero-order valence-corrected chi connectivity index (χ0v) is 11.1. The van der Waals surface area contributed by atoms with Crippen molar-refractivity contribution in [1.29, 1.82) is 0 Å². The highest BCUT2D eigenvalue weighted by atomic mass is 19.2. The Morgan fingerprint density at radius 2 is 1.84 bits per heavy atom. The summed E-state index contributed by atoms with van der Waals surface area (Å²) in [5.74, 6) is -2.86. The first-order chi connectivity index (χ1) is 9.11. The minimum absolute atomic E-state index is 0.161. The number of rotatable bonds is 7. The summed E-state index contributed by atoms with van der Waals surface area (Å²) in [5, 5.41) is 3.07. The van der Waals surface area contributed by atoms with E-state index in [2.05, 4.69) is 17.1 Å². The first-order valence-corrected chi connectivity index (χ1v) is 6.70. The number of hydrogen-bond donors (Lipinski definition) is 1. The number of nitrogens with zero attached hydrogens (tertiary/aromatic N) is 1. The van der Waals surface area contributed by atoms with Crippen LogP contribution in [0.15, 0.2) is 12.1 Å². The molecule has 1 aliphatic carbocycles. The Morgan fingerprint density at radius 3 is 2.47 bits per heavy atom. The van der Waals surface area contributed by atoms with E-state index in [1.807, 2.05) is 0 Å². The van der Waals surface area contributed by atoms with Gasteiger partial charge in [-0.1, -0.05) is 6.92 Å². The van der Waals surface area contributed by atoms with E-state index < -0.39 is 17.5 Å². The van der Waals surface area contributed by atoms with Crippen molar-refractivity contribution in [1.82, 2.24) is 10.2 Å². The molecule has 0 radical (unpaired) electrons. The van der Waals surface area contributed by atoms with Gasteiger partial charge in [0.15, 0.2) is 11.6 Å². The van der Waals surface area contributed by atoms with Gasteiger partial charge in [-0.05, 0) is 25.5 Å². The third-order valence-corrected chi connectivity index (χ3v) is 3.45. The van der Waals surface area contributed by atoms with Crippen LogP contribution in [0.25, 0.3) is 0 Å². The van der Waals surface area contributed by atoms with E-state index in [0.717, 1.165) is 19.2 Å². The summed E-state index contributed by atoms with van der Waals surface area (Å²) < 4.78 is 39.1. The van der Waals surface area contributed by atoms with E-state index in [1.54, 1.807) is 0 Å². The van der Waals surface area contributed by atoms with E-state index in [9.17, 15) is 13.2 Å². The van der Waals surface area contributed by atoms with Crippen molar-refractivity contribution in [2.75, 3.05) is 19.6 Å². The van der Waals surface area contributed by atoms with Gasteiger partial charge in [0.1, 0.15) is 5.82 Å². The van der Waals surface area contributed by atoms with Crippen LogP contribution < -0.4 is 5.32 Å². The number of hydrogen-bond acceptors (Lipinski definition) is 2. The van der Waals surface area contributed by atoms with Crippen molar-refractivity contribution >= 4 is 0 Å². The van der Waals surface area contributed by atoms with Crippen LogP contribution >= 0.6 is 0 Å². The highest BCUT2D eigenvalue weighted by Crippen LogP contribution is 2.25. The number of likely N-dealkylation sites (N-methyl/N-ethyl adjacent to an activating group) is 1. The quantitative estimate of drug-likeness (QED) is 0.606. The number of nitrogens with one attached hydrogen (secondary N) is 1. The normalized spacial score (nSPS) is 15.2. The molecule has 1 aliphatic rings. The molecule has 1 aromatic carbocycles. The van der Waals surface area contributed by atoms with E-state index in [1.165, 1.54) is 12.8 Å². The molecule has 0 aliphatic heterocycles. The van der Waals surface area contributed by atoms with Gasteiger partial charge in [-0.2, -0.15) is 0 Å². The molecule has 0 aromatic heterocycles. The maximum atomic E-state index is 13.4. The van der Waals surface area contributed by atoms with Gasteiger partial charge in [0, 0.05) is 37.3 Å². The van der Waals surface area contributed by atoms with Crippen LogP contribution in [0.3, 0.4) is 0 Å². The molecule has 19 heavy (non-hydrogen) atoms. The fourth-order valence-electron chi connectivity index (χ4n) is 2.18. The van der Waals surface area contributed by atoms with Gasteiger partial charge in [0.2, 0.25) is 0 Å². The van der Waals surface area contributed by atoms with Gasteiger partial charge in [-0.15, -0.1) is 0 Å². The van der Waals surface area contributed by atoms with Crippen LogP contribution in [0.2, 0.25) is 0 Å². The SMILES string of the molecule is CCN(CCNCc1cc(F)c(F)cc1F)C1CC1. The summed E-state index contributed by atoms with van der Waals surface area (Å²) in [5.41, 5.74) is 0.161. The van der Waals surface area contributed by atoms with Gasteiger partial charge in [-0.3, -0.25) is 4.90 Å².